The summed E-state index contributed by atoms with van der Waals surface area (Å²) in [5.41, 5.74) is 2.32. The number of aromatic nitrogens is 4. The molecule has 6 heterocycles. The number of aliphatic carboxylic acids is 1. The van der Waals surface area contributed by atoms with Crippen molar-refractivity contribution in [3.8, 4) is 67.6 Å². The Labute approximate surface area is 377 Å². The number of nitrogens with zero attached hydrogens (tertiary/aromatic N) is 5. The lowest BCUT2D eigenvalue weighted by molar-refractivity contribution is -0.145. The summed E-state index contributed by atoms with van der Waals surface area (Å²) in [6.07, 6.45) is -0.573. The SMILES string of the molecule is O=C(O)[C@H]1Cc2cc(ccc2OCc2ccnc(-c3ccccc3OO)n2)OC[C@@H](CN2CCC(F)(F)CC2)Oc2ccc(c(O)c2Cl)-c2c(-c3ccc(F)cc3)sc3ncnc(c23)O1. The number of hydrogen-bond acceptors (Lipinski definition) is 14. The minimum absolute atomic E-state index is 0.0828. The summed E-state index contributed by atoms with van der Waals surface area (Å²) in [6.45, 7) is 0.169. The molecule has 3 aliphatic heterocycles. The van der Waals surface area contributed by atoms with Gasteiger partial charge in [-0.25, -0.2) is 43.2 Å². The number of rotatable bonds is 9. The van der Waals surface area contributed by atoms with E-state index in [2.05, 4.69) is 24.8 Å². The molecule has 1 fully saturated rings. The van der Waals surface area contributed by atoms with E-state index in [4.69, 9.17) is 30.5 Å². The Morgan fingerprint density at radius 3 is 2.54 bits per heavy atom. The summed E-state index contributed by atoms with van der Waals surface area (Å²) in [5.74, 6) is -4.06. The zero-order valence-corrected chi connectivity index (χ0v) is 35.6. The van der Waals surface area contributed by atoms with Crippen LogP contribution in [0.1, 0.15) is 24.1 Å². The minimum Gasteiger partial charge on any atom is -0.506 e. The van der Waals surface area contributed by atoms with E-state index in [0.717, 1.165) is 0 Å². The Morgan fingerprint density at radius 1 is 0.954 bits per heavy atom. The molecule has 14 nitrogen and oxygen atoms in total. The Kier molecular flexibility index (Phi) is 12.3. The number of halogens is 4. The highest BCUT2D eigenvalue weighted by atomic mass is 35.5. The largest absolute Gasteiger partial charge is 0.506 e. The molecule has 2 atom stereocenters. The van der Waals surface area contributed by atoms with Crippen LogP contribution in [-0.4, -0.2) is 90.6 Å². The van der Waals surface area contributed by atoms with Gasteiger partial charge in [-0.3, -0.25) is 4.90 Å². The maximum absolute atomic E-state index is 14.2. The predicted octanol–water partition coefficient (Wildman–Crippen LogP) is 9.36. The third-order valence-electron chi connectivity index (χ3n) is 11.0. The van der Waals surface area contributed by atoms with Crippen LogP contribution in [-0.2, 0) is 17.8 Å². The van der Waals surface area contributed by atoms with Gasteiger partial charge in [-0.2, -0.15) is 0 Å². The van der Waals surface area contributed by atoms with Crippen molar-refractivity contribution in [2.45, 2.75) is 44.0 Å². The van der Waals surface area contributed by atoms with Crippen LogP contribution in [0, 0.1) is 5.82 Å². The highest BCUT2D eigenvalue weighted by Gasteiger charge is 2.35. The number of benzene rings is 4. The van der Waals surface area contributed by atoms with Gasteiger partial charge in [0.15, 0.2) is 11.6 Å². The molecule has 4 aromatic carbocycles. The maximum atomic E-state index is 14.2. The molecule has 3 aromatic heterocycles. The molecule has 10 rings (SSSR count). The van der Waals surface area contributed by atoms with Crippen molar-refractivity contribution in [1.29, 1.82) is 0 Å². The van der Waals surface area contributed by atoms with Gasteiger partial charge < -0.3 is 34.0 Å². The number of phenolic OH excluding ortho intramolecular Hbond substituents is 1. The van der Waals surface area contributed by atoms with Crippen LogP contribution in [0.2, 0.25) is 5.02 Å². The summed E-state index contributed by atoms with van der Waals surface area (Å²) in [7, 11) is 0. The highest BCUT2D eigenvalue weighted by molar-refractivity contribution is 7.22. The van der Waals surface area contributed by atoms with E-state index in [1.165, 1.54) is 36.0 Å². The van der Waals surface area contributed by atoms with E-state index in [0.29, 0.717) is 43.4 Å². The van der Waals surface area contributed by atoms with Crippen molar-refractivity contribution in [2.24, 2.45) is 0 Å². The Hall–Kier alpha value is -6.73. The number of likely N-dealkylation sites (tertiary alicyclic amines) is 1. The van der Waals surface area contributed by atoms with Crippen LogP contribution in [0.4, 0.5) is 13.2 Å². The van der Waals surface area contributed by atoms with Gasteiger partial charge in [0.05, 0.1) is 16.6 Å². The zero-order valence-electron chi connectivity index (χ0n) is 34.0. The summed E-state index contributed by atoms with van der Waals surface area (Å²) < 4.78 is 67.9. The first-order valence-electron chi connectivity index (χ1n) is 20.3. The van der Waals surface area contributed by atoms with E-state index >= 15 is 0 Å². The van der Waals surface area contributed by atoms with Crippen LogP contribution in [0.25, 0.3) is 43.2 Å². The fourth-order valence-electron chi connectivity index (χ4n) is 7.69. The number of hydrogen-bond donors (Lipinski definition) is 3. The van der Waals surface area contributed by atoms with E-state index in [9.17, 15) is 33.4 Å². The smallest absolute Gasteiger partial charge is 0.345 e. The monoisotopic (exact) mass is 927 g/mol. The van der Waals surface area contributed by atoms with E-state index < -0.39 is 35.7 Å². The molecule has 3 N–H and O–H groups in total. The van der Waals surface area contributed by atoms with Crippen molar-refractivity contribution >= 4 is 39.1 Å². The maximum Gasteiger partial charge on any atom is 0.345 e. The molecule has 7 aromatic rings. The van der Waals surface area contributed by atoms with Gasteiger partial charge >= 0.3 is 5.97 Å². The molecule has 334 valence electrons. The number of fused-ring (bicyclic) bond motifs is 7. The molecule has 19 heteroatoms. The number of carboxylic acid groups (broad SMARTS) is 1. The van der Waals surface area contributed by atoms with E-state index in [-0.39, 0.29) is 97.0 Å². The van der Waals surface area contributed by atoms with Gasteiger partial charge in [0.2, 0.25) is 12.0 Å². The van der Waals surface area contributed by atoms with Crippen molar-refractivity contribution in [3.05, 3.63) is 120 Å². The molecular formula is C46H37ClF3N5O9S. The number of piperidine rings is 1. The number of phenols is 1. The van der Waals surface area contributed by atoms with Crippen molar-refractivity contribution in [2.75, 3.05) is 26.2 Å². The number of carbonyl (C=O) groups is 1. The lowest BCUT2D eigenvalue weighted by atomic mass is 9.98. The molecule has 4 bridgehead atoms. The van der Waals surface area contributed by atoms with Crippen LogP contribution in [0.15, 0.2) is 97.5 Å². The topological polar surface area (TPSA) is 179 Å². The van der Waals surface area contributed by atoms with Crippen LogP contribution < -0.4 is 23.8 Å². The molecule has 3 aliphatic rings. The Bertz CT molecular complexity index is 2880. The molecule has 0 unspecified atom stereocenters. The third-order valence-corrected chi connectivity index (χ3v) is 12.5. The first-order valence-corrected chi connectivity index (χ1v) is 21.5. The third kappa shape index (κ3) is 9.42. The molecule has 0 saturated carbocycles. The van der Waals surface area contributed by atoms with Gasteiger partial charge in [-0.1, -0.05) is 35.9 Å². The normalized spacial score (nSPS) is 17.4. The Morgan fingerprint density at radius 2 is 1.75 bits per heavy atom. The fraction of sp³-hybridized carbons (Fsp3) is 0.239. The van der Waals surface area contributed by atoms with Crippen LogP contribution in [0.5, 0.6) is 34.6 Å². The van der Waals surface area contributed by atoms with E-state index in [1.54, 1.807) is 72.8 Å². The first kappa shape index (κ1) is 43.5. The summed E-state index contributed by atoms with van der Waals surface area (Å²) in [5, 5.41) is 32.1. The van der Waals surface area contributed by atoms with Crippen molar-refractivity contribution < 1.29 is 57.3 Å². The number of para-hydroxylation sites is 1. The van der Waals surface area contributed by atoms with Gasteiger partial charge in [-0.05, 0) is 66.2 Å². The molecule has 0 radical (unpaired) electrons. The second-order valence-electron chi connectivity index (χ2n) is 15.3. The van der Waals surface area contributed by atoms with Gasteiger partial charge in [-0.15, -0.1) is 11.3 Å². The second kappa shape index (κ2) is 18.4. The number of aromatic hydroxyl groups is 1. The van der Waals surface area contributed by atoms with Crippen LogP contribution >= 0.6 is 22.9 Å². The quantitative estimate of drug-likeness (QED) is 0.0921. The first-order chi connectivity index (χ1) is 31.4. The summed E-state index contributed by atoms with van der Waals surface area (Å²) >= 11 is 8.08. The molecular weight excluding hydrogens is 891 g/mol. The molecule has 65 heavy (non-hydrogen) atoms. The average Bonchev–Trinajstić information content (AvgIpc) is 3.70. The lowest BCUT2D eigenvalue weighted by Gasteiger charge is -2.34. The van der Waals surface area contributed by atoms with Gasteiger partial charge in [0.25, 0.3) is 5.92 Å². The van der Waals surface area contributed by atoms with Gasteiger partial charge in [0.1, 0.15) is 64.3 Å². The van der Waals surface area contributed by atoms with E-state index in [1.807, 2.05) is 4.90 Å². The molecule has 0 amide bonds. The summed E-state index contributed by atoms with van der Waals surface area (Å²) in [6, 6.07) is 21.9. The number of thiophene rings is 1. The fourth-order valence-corrected chi connectivity index (χ4v) is 9.05. The number of ether oxygens (including phenoxy) is 4. The highest BCUT2D eigenvalue weighted by Crippen LogP contribution is 2.52. The summed E-state index contributed by atoms with van der Waals surface area (Å²) in [4.78, 5) is 38.2. The molecule has 0 spiro atoms. The average molecular weight is 928 g/mol. The van der Waals surface area contributed by atoms with Crippen molar-refractivity contribution in [3.63, 3.8) is 0 Å². The van der Waals surface area contributed by atoms with Crippen molar-refractivity contribution in [1.82, 2.24) is 24.8 Å². The van der Waals surface area contributed by atoms with Crippen LogP contribution in [0.3, 0.4) is 0 Å². The predicted molar refractivity (Wildman–Crippen MR) is 233 cm³/mol. The second-order valence-corrected chi connectivity index (χ2v) is 16.7. The number of carboxylic acids is 1. The minimum atomic E-state index is -2.78. The lowest BCUT2D eigenvalue weighted by Crippen LogP contribution is -2.45. The Balaban J connectivity index is 1.13. The molecule has 1 saturated heterocycles. The number of alkyl halides is 2. The molecule has 0 aliphatic carbocycles. The standard InChI is InChI=1S/C46H37ClF3N5O9S/c47-39-35-12-10-32(40(39)56)37-38-43(52-24-53-44(38)65-41(37)25-5-7-27(48)8-6-25)63-36(45(57)58)20-26-19-29(60-23-30(62-35)21-55-17-14-46(49,50)15-18-55)9-11-33(26)61-22-28-13-16-51-42(54-28)31-3-1-2-4-34(31)64-59/h1-13,16,19,24,30,36,56,59H,14-15,17-18,20-23H2,(H,57,58)/t30-,36-/m1/s1. The van der Waals surface area contributed by atoms with Gasteiger partial charge in [0, 0.05) is 66.7 Å². The zero-order chi connectivity index (χ0) is 45.2.